The van der Waals surface area contributed by atoms with Gasteiger partial charge in [-0.2, -0.15) is 5.10 Å². The number of rotatable bonds is 3. The first-order valence-corrected chi connectivity index (χ1v) is 4.59. The average molecular weight is 191 g/mol. The predicted octanol–water partition coefficient (Wildman–Crippen LogP) is 1.68. The average Bonchev–Trinajstić information content (AvgIpc) is 2.76. The Hall–Kier alpha value is -1.78. The Morgan fingerprint density at radius 2 is 2.36 bits per heavy atom. The van der Waals surface area contributed by atoms with Gasteiger partial charge in [0.1, 0.15) is 0 Å². The van der Waals surface area contributed by atoms with E-state index in [2.05, 4.69) is 20.4 Å². The number of H-pyrrole nitrogens is 1. The van der Waals surface area contributed by atoms with E-state index in [0.717, 1.165) is 23.9 Å². The van der Waals surface area contributed by atoms with Crippen LogP contribution >= 0.6 is 0 Å². The Bertz CT molecular complexity index is 414. The van der Waals surface area contributed by atoms with Crippen molar-refractivity contribution in [3.63, 3.8) is 0 Å². The van der Waals surface area contributed by atoms with E-state index < -0.39 is 0 Å². The second-order valence-electron chi connectivity index (χ2n) is 3.12. The number of aromatic nitrogens is 4. The topological polar surface area (TPSA) is 58.5 Å². The second-order valence-corrected chi connectivity index (χ2v) is 3.12. The molecule has 0 aliphatic rings. The third-order valence-corrected chi connectivity index (χ3v) is 1.92. The van der Waals surface area contributed by atoms with Crippen LogP contribution in [0.2, 0.25) is 0 Å². The zero-order chi connectivity index (χ0) is 9.97. The molecule has 2 heterocycles. The molecule has 0 bridgehead atoms. The molecule has 14 heavy (non-hydrogen) atoms. The van der Waals surface area contributed by atoms with Gasteiger partial charge in [0, 0.05) is 24.6 Å². The van der Waals surface area contributed by atoms with Crippen molar-refractivity contribution in [2.75, 3.05) is 5.32 Å². The zero-order valence-electron chi connectivity index (χ0n) is 8.28. The summed E-state index contributed by atoms with van der Waals surface area (Å²) in [6.07, 6.45) is 5.51. The molecule has 0 radical (unpaired) electrons. The van der Waals surface area contributed by atoms with E-state index in [1.807, 2.05) is 24.7 Å². The fourth-order valence-corrected chi connectivity index (χ4v) is 1.21. The van der Waals surface area contributed by atoms with E-state index >= 15 is 0 Å². The number of nitrogens with zero attached hydrogens (tertiary/aromatic N) is 3. The molecular weight excluding hydrogens is 178 g/mol. The molecule has 2 rings (SSSR count). The molecule has 0 atom stereocenters. The Morgan fingerprint density at radius 1 is 1.50 bits per heavy atom. The second kappa shape index (κ2) is 3.53. The molecule has 0 aliphatic carbocycles. The van der Waals surface area contributed by atoms with Crippen LogP contribution in [0.1, 0.15) is 12.6 Å². The van der Waals surface area contributed by atoms with E-state index in [9.17, 15) is 0 Å². The number of nitrogens with one attached hydrogen (secondary N) is 2. The third kappa shape index (κ3) is 1.76. The number of hydrogen-bond acceptors (Lipinski definition) is 3. The van der Waals surface area contributed by atoms with Crippen molar-refractivity contribution < 1.29 is 0 Å². The van der Waals surface area contributed by atoms with Crippen LogP contribution in [-0.2, 0) is 6.54 Å². The largest absolute Gasteiger partial charge is 0.328 e. The monoisotopic (exact) mass is 191 g/mol. The molecule has 5 nitrogen and oxygen atoms in total. The van der Waals surface area contributed by atoms with Gasteiger partial charge >= 0.3 is 0 Å². The standard InChI is InChI=1S/C9H13N5/c1-3-14-6-8(5-11-14)13-9-10-4-7(2)12-9/h4-6H,3H2,1-2H3,(H2,10,12,13). The summed E-state index contributed by atoms with van der Waals surface area (Å²) in [5, 5.41) is 7.28. The third-order valence-electron chi connectivity index (χ3n) is 1.92. The van der Waals surface area contributed by atoms with Crippen LogP contribution in [0.15, 0.2) is 18.6 Å². The summed E-state index contributed by atoms with van der Waals surface area (Å²) in [6, 6.07) is 0. The summed E-state index contributed by atoms with van der Waals surface area (Å²) in [5.41, 5.74) is 1.98. The minimum absolute atomic E-state index is 0.748. The van der Waals surface area contributed by atoms with Crippen LogP contribution in [0.5, 0.6) is 0 Å². The Kier molecular flexibility index (Phi) is 2.22. The van der Waals surface area contributed by atoms with Gasteiger partial charge in [0.05, 0.1) is 11.9 Å². The van der Waals surface area contributed by atoms with E-state index in [1.165, 1.54) is 0 Å². The van der Waals surface area contributed by atoms with E-state index in [1.54, 1.807) is 12.4 Å². The first-order valence-electron chi connectivity index (χ1n) is 4.59. The van der Waals surface area contributed by atoms with Crippen LogP contribution in [0.4, 0.5) is 11.6 Å². The van der Waals surface area contributed by atoms with E-state index in [4.69, 9.17) is 0 Å². The van der Waals surface area contributed by atoms with Gasteiger partial charge in [-0.15, -0.1) is 0 Å². The Morgan fingerprint density at radius 3 is 2.93 bits per heavy atom. The molecule has 2 aromatic heterocycles. The first-order chi connectivity index (χ1) is 6.78. The maximum Gasteiger partial charge on any atom is 0.204 e. The minimum Gasteiger partial charge on any atom is -0.328 e. The lowest BCUT2D eigenvalue weighted by atomic mass is 10.5. The lowest BCUT2D eigenvalue weighted by Gasteiger charge is -1.96. The molecular formula is C9H13N5. The van der Waals surface area contributed by atoms with Gasteiger partial charge in [-0.05, 0) is 13.8 Å². The molecule has 0 saturated carbocycles. The summed E-state index contributed by atoms with van der Waals surface area (Å²) >= 11 is 0. The molecule has 0 aliphatic heterocycles. The van der Waals surface area contributed by atoms with Crippen LogP contribution in [0.25, 0.3) is 0 Å². The van der Waals surface area contributed by atoms with Crippen molar-refractivity contribution >= 4 is 11.6 Å². The molecule has 5 heteroatoms. The number of anilines is 2. The summed E-state index contributed by atoms with van der Waals surface area (Å²) < 4.78 is 1.86. The smallest absolute Gasteiger partial charge is 0.204 e. The Labute approximate surface area is 82.2 Å². The summed E-state index contributed by atoms with van der Waals surface area (Å²) in [6.45, 7) is 4.89. The summed E-state index contributed by atoms with van der Waals surface area (Å²) in [4.78, 5) is 7.23. The van der Waals surface area contributed by atoms with Crippen molar-refractivity contribution in [1.29, 1.82) is 0 Å². The van der Waals surface area contributed by atoms with Gasteiger partial charge in [0.25, 0.3) is 0 Å². The molecule has 74 valence electrons. The van der Waals surface area contributed by atoms with Gasteiger partial charge in [0.15, 0.2) is 0 Å². The lowest BCUT2D eigenvalue weighted by Crippen LogP contribution is -1.93. The molecule has 2 N–H and O–H groups in total. The minimum atomic E-state index is 0.748. The van der Waals surface area contributed by atoms with Crippen LogP contribution in [-0.4, -0.2) is 19.7 Å². The molecule has 0 amide bonds. The van der Waals surface area contributed by atoms with Crippen molar-refractivity contribution in [3.8, 4) is 0 Å². The van der Waals surface area contributed by atoms with Gasteiger partial charge in [-0.1, -0.05) is 0 Å². The zero-order valence-corrected chi connectivity index (χ0v) is 8.28. The van der Waals surface area contributed by atoms with Crippen molar-refractivity contribution in [3.05, 3.63) is 24.3 Å². The first kappa shape index (κ1) is 8.80. The molecule has 0 spiro atoms. The highest BCUT2D eigenvalue weighted by Gasteiger charge is 1.99. The van der Waals surface area contributed by atoms with Crippen LogP contribution in [0, 0.1) is 6.92 Å². The van der Waals surface area contributed by atoms with Crippen molar-refractivity contribution in [2.24, 2.45) is 0 Å². The summed E-state index contributed by atoms with van der Waals surface area (Å²) in [5.74, 6) is 0.748. The van der Waals surface area contributed by atoms with Gasteiger partial charge in [0.2, 0.25) is 5.95 Å². The number of imidazole rings is 1. The maximum absolute atomic E-state index is 4.15. The molecule has 0 aromatic carbocycles. The fraction of sp³-hybridized carbons (Fsp3) is 0.333. The Balaban J connectivity index is 2.10. The van der Waals surface area contributed by atoms with Gasteiger partial charge in [-0.25, -0.2) is 4.98 Å². The quantitative estimate of drug-likeness (QED) is 0.776. The highest BCUT2D eigenvalue weighted by Crippen LogP contribution is 2.11. The van der Waals surface area contributed by atoms with E-state index in [0.29, 0.717) is 0 Å². The van der Waals surface area contributed by atoms with Crippen molar-refractivity contribution in [2.45, 2.75) is 20.4 Å². The van der Waals surface area contributed by atoms with Gasteiger partial charge in [-0.3, -0.25) is 4.68 Å². The highest BCUT2D eigenvalue weighted by molar-refractivity contribution is 5.50. The van der Waals surface area contributed by atoms with E-state index in [-0.39, 0.29) is 0 Å². The normalized spacial score (nSPS) is 10.4. The SMILES string of the molecule is CCn1cc(Nc2ncc(C)[nH]2)cn1. The maximum atomic E-state index is 4.15. The molecule has 2 aromatic rings. The number of aryl methyl sites for hydroxylation is 2. The fourth-order valence-electron chi connectivity index (χ4n) is 1.21. The molecule has 0 fully saturated rings. The lowest BCUT2D eigenvalue weighted by molar-refractivity contribution is 0.660. The molecule has 0 unspecified atom stereocenters. The number of aromatic amines is 1. The van der Waals surface area contributed by atoms with Crippen molar-refractivity contribution in [1.82, 2.24) is 19.7 Å². The number of hydrogen-bond donors (Lipinski definition) is 2. The van der Waals surface area contributed by atoms with Crippen LogP contribution in [0.3, 0.4) is 0 Å². The van der Waals surface area contributed by atoms with Crippen LogP contribution < -0.4 is 5.32 Å². The predicted molar refractivity (Wildman–Crippen MR) is 54.5 cm³/mol. The van der Waals surface area contributed by atoms with Gasteiger partial charge < -0.3 is 10.3 Å². The molecule has 0 saturated heterocycles. The highest BCUT2D eigenvalue weighted by atomic mass is 15.3. The summed E-state index contributed by atoms with van der Waals surface area (Å²) in [7, 11) is 0.